The summed E-state index contributed by atoms with van der Waals surface area (Å²) < 4.78 is 1.89. The van der Waals surface area contributed by atoms with Crippen molar-refractivity contribution in [1.29, 1.82) is 0 Å². The first kappa shape index (κ1) is 13.4. The molecule has 1 N–H and O–H groups in total. The molecule has 1 atom stereocenters. The van der Waals surface area contributed by atoms with Gasteiger partial charge in [-0.2, -0.15) is 9.61 Å². The molecule has 0 unspecified atom stereocenters. The van der Waals surface area contributed by atoms with Crippen LogP contribution < -0.4 is 5.32 Å². The van der Waals surface area contributed by atoms with Crippen LogP contribution in [0.25, 0.3) is 5.65 Å². The second kappa shape index (κ2) is 5.79. The molecule has 3 rings (SSSR count). The quantitative estimate of drug-likeness (QED) is 0.907. The Morgan fingerprint density at radius 1 is 1.45 bits per heavy atom. The number of fused-ring (bicyclic) bond motifs is 1. The lowest BCUT2D eigenvalue weighted by atomic mass is 10.1. The Labute approximate surface area is 120 Å². The molecule has 3 heterocycles. The van der Waals surface area contributed by atoms with E-state index in [2.05, 4.69) is 40.3 Å². The third kappa shape index (κ3) is 2.63. The molecule has 2 aromatic heterocycles. The van der Waals surface area contributed by atoms with Crippen molar-refractivity contribution in [1.82, 2.24) is 19.5 Å². The van der Waals surface area contributed by atoms with E-state index in [0.717, 1.165) is 36.2 Å². The van der Waals surface area contributed by atoms with Crippen molar-refractivity contribution in [3.05, 3.63) is 24.0 Å². The summed E-state index contributed by atoms with van der Waals surface area (Å²) in [6.45, 7) is 4.35. The lowest BCUT2D eigenvalue weighted by Gasteiger charge is -2.19. The average molecular weight is 273 g/mol. The molecule has 0 spiro atoms. The first-order valence-electron chi connectivity index (χ1n) is 7.55. The van der Waals surface area contributed by atoms with E-state index in [0.29, 0.717) is 0 Å². The summed E-state index contributed by atoms with van der Waals surface area (Å²) in [6.07, 6.45) is 6.59. The smallest absolute Gasteiger partial charge is 0.157 e. The van der Waals surface area contributed by atoms with Gasteiger partial charge in [0.05, 0.1) is 6.20 Å². The minimum atomic E-state index is 0.725. The molecule has 0 saturated carbocycles. The van der Waals surface area contributed by atoms with Crippen molar-refractivity contribution in [2.45, 2.75) is 38.6 Å². The fourth-order valence-corrected chi connectivity index (χ4v) is 2.98. The van der Waals surface area contributed by atoms with E-state index < -0.39 is 0 Å². The molecule has 20 heavy (non-hydrogen) atoms. The predicted molar refractivity (Wildman–Crippen MR) is 81.1 cm³/mol. The molecule has 0 bridgehead atoms. The number of aryl methyl sites for hydroxylation is 1. The number of rotatable bonds is 5. The fourth-order valence-electron chi connectivity index (χ4n) is 2.98. The fraction of sp³-hybridized carbons (Fsp3) is 0.600. The van der Waals surface area contributed by atoms with Gasteiger partial charge in [0.15, 0.2) is 5.65 Å². The summed E-state index contributed by atoms with van der Waals surface area (Å²) in [5.74, 6) is 1.05. The second-order valence-corrected chi connectivity index (χ2v) is 5.58. The maximum atomic E-state index is 4.56. The highest BCUT2D eigenvalue weighted by atomic mass is 15.3. The van der Waals surface area contributed by atoms with Gasteiger partial charge in [-0.25, -0.2) is 4.98 Å². The predicted octanol–water partition coefficient (Wildman–Crippen LogP) is 2.19. The normalized spacial score (nSPS) is 19.8. The van der Waals surface area contributed by atoms with Crippen molar-refractivity contribution in [3.8, 4) is 0 Å². The van der Waals surface area contributed by atoms with Crippen LogP contribution in [0.4, 0.5) is 5.82 Å². The van der Waals surface area contributed by atoms with Crippen LogP contribution in [0.1, 0.15) is 31.9 Å². The van der Waals surface area contributed by atoms with Gasteiger partial charge in [-0.1, -0.05) is 6.92 Å². The number of aromatic nitrogens is 3. The van der Waals surface area contributed by atoms with E-state index in [-0.39, 0.29) is 0 Å². The molecule has 1 aliphatic heterocycles. The maximum absolute atomic E-state index is 4.56. The van der Waals surface area contributed by atoms with Gasteiger partial charge < -0.3 is 10.2 Å². The summed E-state index contributed by atoms with van der Waals surface area (Å²) in [7, 11) is 2.23. The molecule has 0 amide bonds. The lowest BCUT2D eigenvalue weighted by molar-refractivity contribution is 0.301. The number of nitrogens with zero attached hydrogens (tertiary/aromatic N) is 4. The van der Waals surface area contributed by atoms with E-state index in [1.807, 2.05) is 10.6 Å². The Kier molecular flexibility index (Phi) is 3.87. The zero-order chi connectivity index (χ0) is 13.9. The molecule has 1 saturated heterocycles. The highest BCUT2D eigenvalue weighted by Crippen LogP contribution is 2.18. The van der Waals surface area contributed by atoms with Crippen LogP contribution in [0.5, 0.6) is 0 Å². The third-order valence-corrected chi connectivity index (χ3v) is 4.23. The highest BCUT2D eigenvalue weighted by molar-refractivity contribution is 5.49. The molecule has 5 nitrogen and oxygen atoms in total. The number of hydrogen-bond acceptors (Lipinski definition) is 4. The van der Waals surface area contributed by atoms with Crippen LogP contribution in [0.15, 0.2) is 18.3 Å². The van der Waals surface area contributed by atoms with Crippen molar-refractivity contribution in [2.75, 3.05) is 25.5 Å². The Hall–Kier alpha value is -1.62. The van der Waals surface area contributed by atoms with Gasteiger partial charge in [0.1, 0.15) is 5.82 Å². The van der Waals surface area contributed by atoms with Crippen molar-refractivity contribution in [2.24, 2.45) is 0 Å². The van der Waals surface area contributed by atoms with Crippen molar-refractivity contribution in [3.63, 3.8) is 0 Å². The summed E-state index contributed by atoms with van der Waals surface area (Å²) >= 11 is 0. The topological polar surface area (TPSA) is 45.5 Å². The Balaban J connectivity index is 1.68. The van der Waals surface area contributed by atoms with Gasteiger partial charge >= 0.3 is 0 Å². The Morgan fingerprint density at radius 3 is 3.10 bits per heavy atom. The molecule has 0 aliphatic carbocycles. The Morgan fingerprint density at radius 2 is 2.35 bits per heavy atom. The molecule has 0 radical (unpaired) electrons. The monoisotopic (exact) mass is 273 g/mol. The molecular weight excluding hydrogens is 250 g/mol. The van der Waals surface area contributed by atoms with Gasteiger partial charge in [0, 0.05) is 30.4 Å². The van der Waals surface area contributed by atoms with Gasteiger partial charge in [-0.3, -0.25) is 0 Å². The van der Waals surface area contributed by atoms with Crippen LogP contribution >= 0.6 is 0 Å². The molecule has 0 aromatic carbocycles. The third-order valence-electron chi connectivity index (χ3n) is 4.23. The lowest BCUT2D eigenvalue weighted by Crippen LogP contribution is -2.27. The zero-order valence-electron chi connectivity index (χ0n) is 12.3. The zero-order valence-corrected chi connectivity index (χ0v) is 12.3. The standard InChI is InChI=1S/C15H23N5/c1-3-12-11-15(20-14(18-12)7-9-17-20)16-8-6-13-5-4-10-19(13)2/h7,9,11,13,16H,3-6,8,10H2,1-2H3/t13-/m0/s1. The van der Waals surface area contributed by atoms with Gasteiger partial charge in [-0.15, -0.1) is 0 Å². The number of nitrogens with one attached hydrogen (secondary N) is 1. The number of hydrogen-bond donors (Lipinski definition) is 1. The summed E-state index contributed by atoms with van der Waals surface area (Å²) in [6, 6.07) is 4.79. The minimum Gasteiger partial charge on any atom is -0.370 e. The first-order valence-corrected chi connectivity index (χ1v) is 7.55. The molecule has 1 fully saturated rings. The van der Waals surface area contributed by atoms with E-state index in [9.17, 15) is 0 Å². The van der Waals surface area contributed by atoms with Crippen LogP contribution in [-0.4, -0.2) is 45.7 Å². The van der Waals surface area contributed by atoms with Crippen molar-refractivity contribution >= 4 is 11.5 Å². The molecule has 5 heteroatoms. The van der Waals surface area contributed by atoms with Crippen LogP contribution in [-0.2, 0) is 6.42 Å². The van der Waals surface area contributed by atoms with E-state index in [4.69, 9.17) is 0 Å². The first-order chi connectivity index (χ1) is 9.78. The summed E-state index contributed by atoms with van der Waals surface area (Å²) in [5, 5.41) is 7.87. The second-order valence-electron chi connectivity index (χ2n) is 5.58. The van der Waals surface area contributed by atoms with Crippen LogP contribution in [0.3, 0.4) is 0 Å². The summed E-state index contributed by atoms with van der Waals surface area (Å²) in [4.78, 5) is 7.03. The van der Waals surface area contributed by atoms with Gasteiger partial charge in [0.25, 0.3) is 0 Å². The average Bonchev–Trinajstić information content (AvgIpc) is 3.07. The van der Waals surface area contributed by atoms with E-state index in [1.54, 1.807) is 6.20 Å². The molecular formula is C15H23N5. The molecule has 108 valence electrons. The van der Waals surface area contributed by atoms with E-state index >= 15 is 0 Å². The van der Waals surface area contributed by atoms with Gasteiger partial charge in [0.2, 0.25) is 0 Å². The highest BCUT2D eigenvalue weighted by Gasteiger charge is 2.20. The van der Waals surface area contributed by atoms with E-state index in [1.165, 1.54) is 25.8 Å². The SMILES string of the molecule is CCc1cc(NCC[C@@H]2CCCN2C)n2nccc2n1. The van der Waals surface area contributed by atoms with Gasteiger partial charge in [-0.05, 0) is 39.3 Å². The Bertz CT molecular complexity index is 577. The summed E-state index contributed by atoms with van der Waals surface area (Å²) in [5.41, 5.74) is 2.03. The van der Waals surface area contributed by atoms with Crippen LogP contribution in [0, 0.1) is 0 Å². The number of likely N-dealkylation sites (tertiary alicyclic amines) is 1. The number of anilines is 1. The maximum Gasteiger partial charge on any atom is 0.157 e. The van der Waals surface area contributed by atoms with Crippen molar-refractivity contribution < 1.29 is 0 Å². The van der Waals surface area contributed by atoms with Crippen LogP contribution in [0.2, 0.25) is 0 Å². The molecule has 1 aliphatic rings. The largest absolute Gasteiger partial charge is 0.370 e. The molecule has 2 aromatic rings. The minimum absolute atomic E-state index is 0.725.